The zero-order valence-electron chi connectivity index (χ0n) is 17.3. The second-order valence-electron chi connectivity index (χ2n) is 8.72. The number of rotatable bonds is 3. The van der Waals surface area contributed by atoms with Crippen molar-refractivity contribution in [2.45, 2.75) is 69.9 Å². The molecule has 3 aliphatic rings. The second-order valence-corrected chi connectivity index (χ2v) is 10.5. The number of aromatic nitrogens is 2. The lowest BCUT2D eigenvalue weighted by Crippen LogP contribution is -2.22. The first kappa shape index (κ1) is 19.6. The molecule has 160 valence electrons. The maximum Gasteiger partial charge on any atom is 0.354 e. The normalized spacial score (nSPS) is 21.0. The predicted molar refractivity (Wildman–Crippen MR) is 114 cm³/mol. The van der Waals surface area contributed by atoms with Crippen LogP contribution < -0.4 is 15.2 Å². The van der Waals surface area contributed by atoms with Gasteiger partial charge in [0, 0.05) is 5.69 Å². The lowest BCUT2D eigenvalue weighted by molar-refractivity contribution is 0.173. The molecule has 1 unspecified atom stereocenters. The molecule has 0 bridgehead atoms. The Morgan fingerprint density at radius 2 is 1.93 bits per heavy atom. The highest BCUT2D eigenvalue weighted by molar-refractivity contribution is 7.91. The Hall–Kier alpha value is -2.39. The van der Waals surface area contributed by atoms with Gasteiger partial charge in [-0.1, -0.05) is 19.9 Å². The number of benzene rings is 1. The van der Waals surface area contributed by atoms with Gasteiger partial charge in [0.1, 0.15) is 11.0 Å². The van der Waals surface area contributed by atoms with Crippen molar-refractivity contribution < 1.29 is 13.7 Å². The van der Waals surface area contributed by atoms with Gasteiger partial charge in [-0.2, -0.15) is 5.10 Å². The Bertz CT molecular complexity index is 1130. The number of hydrogen-bond acceptors (Lipinski definition) is 4. The molecular formula is C21H27N5O3S. The van der Waals surface area contributed by atoms with Crippen LogP contribution in [-0.2, 0) is 42.1 Å². The van der Waals surface area contributed by atoms with Crippen molar-refractivity contribution in [2.75, 3.05) is 5.32 Å². The smallest absolute Gasteiger partial charge is 0.354 e. The molecule has 1 aromatic heterocycles. The fourth-order valence-electron chi connectivity index (χ4n) is 4.77. The van der Waals surface area contributed by atoms with Crippen LogP contribution in [0.4, 0.5) is 10.5 Å². The molecule has 0 radical (unpaired) electrons. The van der Waals surface area contributed by atoms with Gasteiger partial charge in [0.05, 0.1) is 12.7 Å². The van der Waals surface area contributed by atoms with Gasteiger partial charge in [0.2, 0.25) is 5.88 Å². The minimum absolute atomic E-state index is 0.0639. The van der Waals surface area contributed by atoms with Gasteiger partial charge >= 0.3 is 6.03 Å². The van der Waals surface area contributed by atoms with Crippen molar-refractivity contribution in [3.63, 3.8) is 0 Å². The van der Waals surface area contributed by atoms with Crippen LogP contribution in [0.5, 0.6) is 5.88 Å². The van der Waals surface area contributed by atoms with Gasteiger partial charge in [0.15, 0.2) is 9.92 Å². The van der Waals surface area contributed by atoms with Crippen molar-refractivity contribution in [2.24, 2.45) is 15.4 Å². The maximum atomic E-state index is 13.2. The molecule has 0 spiro atoms. The van der Waals surface area contributed by atoms with Gasteiger partial charge in [0.25, 0.3) is 0 Å². The molecule has 2 aliphatic carbocycles. The van der Waals surface area contributed by atoms with Crippen molar-refractivity contribution in [1.82, 2.24) is 9.78 Å². The largest absolute Gasteiger partial charge is 0.471 e. The number of fused-ring (bicyclic) bond motifs is 3. The molecule has 3 N–H and O–H groups in total. The van der Waals surface area contributed by atoms with Gasteiger partial charge < -0.3 is 10.1 Å². The summed E-state index contributed by atoms with van der Waals surface area (Å²) in [4.78, 5) is 13.0. The van der Waals surface area contributed by atoms with E-state index in [0.29, 0.717) is 12.4 Å². The minimum atomic E-state index is -3.48. The Morgan fingerprint density at radius 3 is 2.57 bits per heavy atom. The fraction of sp³-hybridized carbons (Fsp3) is 0.524. The van der Waals surface area contributed by atoms with Crippen LogP contribution in [0.3, 0.4) is 0 Å². The number of nitrogens with zero attached hydrogens (tertiary/aromatic N) is 3. The average molecular weight is 430 g/mol. The van der Waals surface area contributed by atoms with E-state index in [9.17, 15) is 9.00 Å². The van der Waals surface area contributed by atoms with Gasteiger partial charge in [-0.05, 0) is 66.7 Å². The van der Waals surface area contributed by atoms with Crippen LogP contribution in [0.1, 0.15) is 48.9 Å². The van der Waals surface area contributed by atoms with Gasteiger partial charge in [-0.25, -0.2) is 18.8 Å². The monoisotopic (exact) mass is 429 g/mol. The van der Waals surface area contributed by atoms with Crippen molar-refractivity contribution >= 4 is 21.6 Å². The second kappa shape index (κ2) is 7.09. The number of ether oxygens (including phenoxy) is 1. The van der Waals surface area contributed by atoms with E-state index in [1.54, 1.807) is 4.68 Å². The zero-order valence-corrected chi connectivity index (χ0v) is 18.1. The Balaban J connectivity index is 1.45. The zero-order chi connectivity index (χ0) is 21.0. The van der Waals surface area contributed by atoms with Crippen LogP contribution in [0, 0.1) is 5.92 Å². The summed E-state index contributed by atoms with van der Waals surface area (Å²) in [6.07, 6.45) is 7.45. The van der Waals surface area contributed by atoms with Crippen LogP contribution in [0.25, 0.3) is 0 Å². The summed E-state index contributed by atoms with van der Waals surface area (Å²) in [5, 5.41) is 13.2. The molecule has 2 heterocycles. The molecule has 30 heavy (non-hydrogen) atoms. The maximum absolute atomic E-state index is 13.2. The Labute approximate surface area is 176 Å². The van der Waals surface area contributed by atoms with E-state index in [-0.39, 0.29) is 16.9 Å². The minimum Gasteiger partial charge on any atom is -0.471 e. The summed E-state index contributed by atoms with van der Waals surface area (Å²) in [6.45, 7) is 4.66. The van der Waals surface area contributed by atoms with E-state index in [1.807, 2.05) is 13.8 Å². The van der Waals surface area contributed by atoms with E-state index >= 15 is 0 Å². The SMILES string of the molecule is CC(C)[C@H]1Cn2ncc(S(N)(=O)=NC(=O)Nc3c4c(cc5c3CCC5)CCC4)c2O1. The number of urea groups is 1. The number of nitrogens with two attached hydrogens (primary N) is 1. The fourth-order valence-corrected chi connectivity index (χ4v) is 5.77. The summed E-state index contributed by atoms with van der Waals surface area (Å²) in [6, 6.07) is 1.61. The van der Waals surface area contributed by atoms with E-state index in [2.05, 4.69) is 20.8 Å². The summed E-state index contributed by atoms with van der Waals surface area (Å²) >= 11 is 0. The topological polar surface area (TPSA) is 112 Å². The summed E-state index contributed by atoms with van der Waals surface area (Å²) in [7, 11) is -3.48. The first-order valence-electron chi connectivity index (χ1n) is 10.6. The van der Waals surface area contributed by atoms with Gasteiger partial charge in [-0.3, -0.25) is 0 Å². The number of carbonyl (C=O) groups is 1. The Kier molecular flexibility index (Phi) is 4.62. The molecular weight excluding hydrogens is 402 g/mol. The molecule has 2 amide bonds. The van der Waals surface area contributed by atoms with Crippen molar-refractivity contribution in [1.29, 1.82) is 0 Å². The number of anilines is 1. The highest BCUT2D eigenvalue weighted by atomic mass is 32.2. The molecule has 9 heteroatoms. The van der Waals surface area contributed by atoms with E-state index in [1.165, 1.54) is 28.5 Å². The highest BCUT2D eigenvalue weighted by Crippen LogP contribution is 2.39. The molecule has 8 nitrogen and oxygen atoms in total. The van der Waals surface area contributed by atoms with Crippen LogP contribution in [-0.4, -0.2) is 26.1 Å². The number of carbonyl (C=O) groups excluding carboxylic acids is 1. The van der Waals surface area contributed by atoms with Crippen molar-refractivity contribution in [3.8, 4) is 5.88 Å². The molecule has 5 rings (SSSR count). The molecule has 2 atom stereocenters. The van der Waals surface area contributed by atoms with E-state index in [4.69, 9.17) is 9.88 Å². The first-order chi connectivity index (χ1) is 14.3. The van der Waals surface area contributed by atoms with Crippen LogP contribution in [0.15, 0.2) is 21.5 Å². The highest BCUT2D eigenvalue weighted by Gasteiger charge is 2.32. The molecule has 2 aromatic rings. The van der Waals surface area contributed by atoms with E-state index in [0.717, 1.165) is 44.2 Å². The molecule has 0 fully saturated rings. The Morgan fingerprint density at radius 1 is 1.27 bits per heavy atom. The third-order valence-corrected chi connectivity index (χ3v) is 7.70. The molecule has 1 aromatic carbocycles. The third kappa shape index (κ3) is 3.20. The molecule has 1 aliphatic heterocycles. The van der Waals surface area contributed by atoms with Crippen molar-refractivity contribution in [3.05, 3.63) is 34.5 Å². The standard InChI is InChI=1S/C21H27N5O3S/c1-12(2)17-11-26-20(29-17)18(10-23-26)30(22,28)25-21(27)24-19-15-7-3-5-13(15)9-14-6-4-8-16(14)19/h9-10,12,17H,3-8,11H2,1-2H3,(H3,22,24,25,27,28)/t17-,30?/m1/s1. The quantitative estimate of drug-likeness (QED) is 0.780. The summed E-state index contributed by atoms with van der Waals surface area (Å²) in [5.74, 6) is 0.620. The van der Waals surface area contributed by atoms with Gasteiger partial charge in [-0.15, -0.1) is 4.36 Å². The number of aryl methyl sites for hydroxylation is 2. The van der Waals surface area contributed by atoms with Crippen LogP contribution >= 0.6 is 0 Å². The molecule has 0 saturated carbocycles. The third-order valence-electron chi connectivity index (χ3n) is 6.36. The number of nitrogens with one attached hydrogen (secondary N) is 1. The van der Waals surface area contributed by atoms with E-state index < -0.39 is 15.9 Å². The lowest BCUT2D eigenvalue weighted by Gasteiger charge is -2.15. The van der Waals surface area contributed by atoms with Crippen LogP contribution in [0.2, 0.25) is 0 Å². The predicted octanol–water partition coefficient (Wildman–Crippen LogP) is 3.21. The summed E-state index contributed by atoms with van der Waals surface area (Å²) < 4.78 is 24.6. The number of hydrogen-bond donors (Lipinski definition) is 2. The summed E-state index contributed by atoms with van der Waals surface area (Å²) in [5.41, 5.74) is 5.86. The lowest BCUT2D eigenvalue weighted by atomic mass is 9.99. The molecule has 0 saturated heterocycles. The number of amides is 2. The average Bonchev–Trinajstić information content (AvgIpc) is 3.43. The first-order valence-corrected chi connectivity index (χ1v) is 12.2.